The topological polar surface area (TPSA) is 103 Å². The summed E-state index contributed by atoms with van der Waals surface area (Å²) in [5.74, 6) is -2.54. The average molecular weight is 518 g/mol. The molecule has 4 aromatic rings. The molecule has 1 aromatic carbocycles. The molecular formula is C24H19ClF3N5O3. The molecule has 4 rings (SSSR count). The number of hydrogen-bond donors (Lipinski definition) is 1. The van der Waals surface area contributed by atoms with Gasteiger partial charge in [-0.3, -0.25) is 14.3 Å². The number of benzene rings is 1. The summed E-state index contributed by atoms with van der Waals surface area (Å²) < 4.78 is 48.0. The van der Waals surface area contributed by atoms with Gasteiger partial charge in [0.2, 0.25) is 5.88 Å². The van der Waals surface area contributed by atoms with Gasteiger partial charge < -0.3 is 9.84 Å². The van der Waals surface area contributed by atoms with E-state index in [1.165, 1.54) is 31.4 Å². The lowest BCUT2D eigenvalue weighted by Gasteiger charge is -2.17. The molecule has 3 heterocycles. The third kappa shape index (κ3) is 5.07. The Kier molecular flexibility index (Phi) is 6.79. The summed E-state index contributed by atoms with van der Waals surface area (Å²) in [6, 6.07) is 6.92. The van der Waals surface area contributed by atoms with Crippen LogP contribution in [0.2, 0.25) is 5.02 Å². The number of hydrogen-bond acceptors (Lipinski definition) is 7. The molecule has 186 valence electrons. The van der Waals surface area contributed by atoms with Crippen LogP contribution in [0.5, 0.6) is 5.88 Å². The van der Waals surface area contributed by atoms with E-state index in [0.717, 1.165) is 12.4 Å². The van der Waals surface area contributed by atoms with Gasteiger partial charge in [-0.25, -0.2) is 23.1 Å². The summed E-state index contributed by atoms with van der Waals surface area (Å²) >= 11 is 6.20. The van der Waals surface area contributed by atoms with Crippen LogP contribution >= 0.6 is 11.6 Å². The van der Waals surface area contributed by atoms with Crippen LogP contribution in [0.3, 0.4) is 0 Å². The van der Waals surface area contributed by atoms with Gasteiger partial charge in [-0.2, -0.15) is 4.98 Å². The predicted octanol–water partition coefficient (Wildman–Crippen LogP) is 4.27. The molecule has 8 nitrogen and oxygen atoms in total. The highest BCUT2D eigenvalue weighted by molar-refractivity contribution is 6.31. The van der Waals surface area contributed by atoms with E-state index in [4.69, 9.17) is 16.3 Å². The summed E-state index contributed by atoms with van der Waals surface area (Å²) in [5, 5.41) is 9.80. The molecule has 0 aliphatic rings. The standard InChI is InChI=1S/C24H19ClF3N5O3/c1-12-31-21(36-11-18-16(27)8-14(26)9-29-18)19(25)22(34)33(12)15-6-4-5-13(7-15)20-17(28)10-30-23(32-20)24(2,3)35/h4-10,35H,11H2,1-3H3. The second kappa shape index (κ2) is 9.67. The Labute approximate surface area is 208 Å². The SMILES string of the molecule is Cc1nc(OCc2ncc(F)cc2F)c(Cl)c(=O)n1-c1cccc(-c2nc(C(C)(C)O)ncc2F)c1. The second-order valence-corrected chi connectivity index (χ2v) is 8.67. The lowest BCUT2D eigenvalue weighted by atomic mass is 10.1. The minimum absolute atomic E-state index is 0.0240. The number of pyridine rings is 1. The van der Waals surface area contributed by atoms with Gasteiger partial charge in [-0.1, -0.05) is 23.7 Å². The number of nitrogens with zero attached hydrogens (tertiary/aromatic N) is 5. The summed E-state index contributed by atoms with van der Waals surface area (Å²) in [7, 11) is 0. The smallest absolute Gasteiger partial charge is 0.280 e. The van der Waals surface area contributed by atoms with Gasteiger partial charge >= 0.3 is 0 Å². The molecular weight excluding hydrogens is 499 g/mol. The van der Waals surface area contributed by atoms with Crippen LogP contribution in [0.15, 0.2) is 47.5 Å². The van der Waals surface area contributed by atoms with E-state index in [0.29, 0.717) is 17.3 Å². The summed E-state index contributed by atoms with van der Waals surface area (Å²) in [6.07, 6.45) is 1.79. The lowest BCUT2D eigenvalue weighted by Crippen LogP contribution is -2.23. The molecule has 0 unspecified atom stereocenters. The second-order valence-electron chi connectivity index (χ2n) is 8.29. The Morgan fingerprint density at radius 3 is 2.53 bits per heavy atom. The van der Waals surface area contributed by atoms with Crippen LogP contribution in [-0.4, -0.2) is 29.6 Å². The fraction of sp³-hybridized carbons (Fsp3) is 0.208. The van der Waals surface area contributed by atoms with Crippen molar-refractivity contribution < 1.29 is 23.0 Å². The molecule has 0 saturated carbocycles. The molecule has 1 N–H and O–H groups in total. The van der Waals surface area contributed by atoms with Gasteiger partial charge in [0.05, 0.1) is 18.1 Å². The summed E-state index contributed by atoms with van der Waals surface area (Å²) in [6.45, 7) is 4.03. The highest BCUT2D eigenvalue weighted by atomic mass is 35.5. The number of aryl methyl sites for hydroxylation is 1. The number of aliphatic hydroxyl groups is 1. The minimum atomic E-state index is -1.40. The Balaban J connectivity index is 1.70. The summed E-state index contributed by atoms with van der Waals surface area (Å²) in [4.78, 5) is 28.9. The molecule has 0 aliphatic carbocycles. The fourth-order valence-corrected chi connectivity index (χ4v) is 3.51. The van der Waals surface area contributed by atoms with E-state index in [1.54, 1.807) is 18.2 Å². The first-order chi connectivity index (χ1) is 17.0. The normalized spacial score (nSPS) is 11.6. The Hall–Kier alpha value is -3.83. The zero-order valence-corrected chi connectivity index (χ0v) is 20.0. The summed E-state index contributed by atoms with van der Waals surface area (Å²) in [5.41, 5.74) is -1.72. The third-order valence-corrected chi connectivity index (χ3v) is 5.39. The third-order valence-electron chi connectivity index (χ3n) is 5.06. The number of rotatable bonds is 6. The van der Waals surface area contributed by atoms with Crippen molar-refractivity contribution in [2.75, 3.05) is 0 Å². The molecule has 0 radical (unpaired) electrons. The monoisotopic (exact) mass is 517 g/mol. The van der Waals surface area contributed by atoms with Crippen LogP contribution in [0.4, 0.5) is 13.2 Å². The van der Waals surface area contributed by atoms with Crippen LogP contribution < -0.4 is 10.3 Å². The molecule has 0 bridgehead atoms. The predicted molar refractivity (Wildman–Crippen MR) is 124 cm³/mol. The maximum Gasteiger partial charge on any atom is 0.280 e. The van der Waals surface area contributed by atoms with Crippen molar-refractivity contribution in [3.8, 4) is 22.8 Å². The van der Waals surface area contributed by atoms with Crippen molar-refractivity contribution in [1.82, 2.24) is 24.5 Å². The van der Waals surface area contributed by atoms with Gasteiger partial charge in [-0.15, -0.1) is 0 Å². The van der Waals surface area contributed by atoms with Crippen LogP contribution in [0, 0.1) is 24.4 Å². The quantitative estimate of drug-likeness (QED) is 0.407. The van der Waals surface area contributed by atoms with Crippen LogP contribution in [0.1, 0.15) is 31.2 Å². The number of aromatic nitrogens is 5. The maximum absolute atomic E-state index is 14.6. The van der Waals surface area contributed by atoms with Crippen LogP contribution in [-0.2, 0) is 12.2 Å². The minimum Gasteiger partial charge on any atom is -0.470 e. The van der Waals surface area contributed by atoms with Gasteiger partial charge in [0.25, 0.3) is 5.56 Å². The molecule has 0 saturated heterocycles. The van der Waals surface area contributed by atoms with E-state index in [2.05, 4.69) is 19.9 Å². The molecule has 36 heavy (non-hydrogen) atoms. The average Bonchev–Trinajstić information content (AvgIpc) is 2.81. The largest absolute Gasteiger partial charge is 0.470 e. The molecule has 12 heteroatoms. The van der Waals surface area contributed by atoms with Gasteiger partial charge in [0, 0.05) is 11.6 Å². The molecule has 0 amide bonds. The maximum atomic E-state index is 14.6. The number of ether oxygens (including phenoxy) is 1. The van der Waals surface area contributed by atoms with Crippen molar-refractivity contribution in [1.29, 1.82) is 0 Å². The molecule has 0 spiro atoms. The van der Waals surface area contributed by atoms with Gasteiger partial charge in [-0.05, 0) is 32.9 Å². The Morgan fingerprint density at radius 2 is 1.83 bits per heavy atom. The first-order valence-corrected chi connectivity index (χ1v) is 10.9. The number of halogens is 4. The first kappa shape index (κ1) is 25.3. The van der Waals surface area contributed by atoms with E-state index in [9.17, 15) is 23.1 Å². The highest BCUT2D eigenvalue weighted by Gasteiger charge is 2.23. The Morgan fingerprint density at radius 1 is 1.08 bits per heavy atom. The van der Waals surface area contributed by atoms with Crippen molar-refractivity contribution in [2.24, 2.45) is 0 Å². The molecule has 0 fully saturated rings. The van der Waals surface area contributed by atoms with Crippen molar-refractivity contribution in [3.63, 3.8) is 0 Å². The Bertz CT molecular complexity index is 1520. The van der Waals surface area contributed by atoms with Crippen molar-refractivity contribution >= 4 is 11.6 Å². The highest BCUT2D eigenvalue weighted by Crippen LogP contribution is 2.27. The van der Waals surface area contributed by atoms with E-state index in [-0.39, 0.29) is 33.9 Å². The molecule has 3 aromatic heterocycles. The van der Waals surface area contributed by atoms with E-state index < -0.39 is 35.2 Å². The zero-order chi connectivity index (χ0) is 26.2. The van der Waals surface area contributed by atoms with Crippen LogP contribution in [0.25, 0.3) is 16.9 Å². The lowest BCUT2D eigenvalue weighted by molar-refractivity contribution is 0.0686. The van der Waals surface area contributed by atoms with Crippen molar-refractivity contribution in [3.05, 3.63) is 92.9 Å². The van der Waals surface area contributed by atoms with E-state index in [1.807, 2.05) is 0 Å². The molecule has 0 aliphatic heterocycles. The van der Waals surface area contributed by atoms with E-state index >= 15 is 0 Å². The first-order valence-electron chi connectivity index (χ1n) is 10.5. The molecule has 0 atom stereocenters. The van der Waals surface area contributed by atoms with Gasteiger partial charge in [0.1, 0.15) is 35.2 Å². The van der Waals surface area contributed by atoms with Gasteiger partial charge in [0.15, 0.2) is 22.5 Å². The zero-order valence-electron chi connectivity index (χ0n) is 19.3. The van der Waals surface area contributed by atoms with Crippen molar-refractivity contribution in [2.45, 2.75) is 33.0 Å². The fourth-order valence-electron chi connectivity index (χ4n) is 3.32.